The van der Waals surface area contributed by atoms with Crippen LogP contribution in [0.3, 0.4) is 0 Å². The van der Waals surface area contributed by atoms with Crippen molar-refractivity contribution in [3.8, 4) is 0 Å². The van der Waals surface area contributed by atoms with Crippen molar-refractivity contribution in [3.05, 3.63) is 32.6 Å². The quantitative estimate of drug-likeness (QED) is 0.693. The number of likely N-dealkylation sites (N-methyl/N-ethyl adjacent to an activating group) is 1. The third kappa shape index (κ3) is 2.99. The molecule has 0 radical (unpaired) electrons. The van der Waals surface area contributed by atoms with Gasteiger partial charge in [0.15, 0.2) is 0 Å². The van der Waals surface area contributed by atoms with Crippen molar-refractivity contribution in [1.29, 1.82) is 0 Å². The van der Waals surface area contributed by atoms with Gasteiger partial charge in [0.05, 0.1) is 13.1 Å². The summed E-state index contributed by atoms with van der Waals surface area (Å²) in [5.74, 6) is -0.288. The Morgan fingerprint density at radius 3 is 2.79 bits per heavy atom. The monoisotopic (exact) mass is 336 g/mol. The molecule has 2 aliphatic rings. The average molecular weight is 336 g/mol. The molecule has 2 fully saturated rings. The highest BCUT2D eigenvalue weighted by atomic mass is 16.5. The maximum absolute atomic E-state index is 12.5. The van der Waals surface area contributed by atoms with E-state index in [-0.39, 0.29) is 25.0 Å². The fourth-order valence-corrected chi connectivity index (χ4v) is 3.18. The minimum Gasteiger partial charge on any atom is -0.361 e. The van der Waals surface area contributed by atoms with Crippen LogP contribution < -0.4 is 11.2 Å². The van der Waals surface area contributed by atoms with Gasteiger partial charge in [-0.25, -0.2) is 4.79 Å². The molecular formula is C15H20N4O5. The highest BCUT2D eigenvalue weighted by Crippen LogP contribution is 2.29. The van der Waals surface area contributed by atoms with E-state index in [9.17, 15) is 19.2 Å². The first-order valence-corrected chi connectivity index (χ1v) is 7.76. The number of carbonyl (C=O) groups is 2. The smallest absolute Gasteiger partial charge is 0.328 e. The van der Waals surface area contributed by atoms with E-state index in [1.165, 1.54) is 10.8 Å². The molecule has 0 aromatic carbocycles. The first-order chi connectivity index (χ1) is 11.3. The Balaban J connectivity index is 1.69. The van der Waals surface area contributed by atoms with Gasteiger partial charge in [-0.05, 0) is 13.3 Å². The fraction of sp³-hybridized carbons (Fsp3) is 0.600. The van der Waals surface area contributed by atoms with E-state index in [0.29, 0.717) is 31.6 Å². The molecule has 2 amide bonds. The molecule has 9 heteroatoms. The summed E-state index contributed by atoms with van der Waals surface area (Å²) < 4.78 is 6.89. The van der Waals surface area contributed by atoms with Gasteiger partial charge >= 0.3 is 5.69 Å². The van der Waals surface area contributed by atoms with Crippen molar-refractivity contribution in [2.75, 3.05) is 33.3 Å². The molecule has 1 aromatic rings. The SMILES string of the molecule is Cc1cn(CC(=O)N2CC[C@@]3(CN(C)C(=O)CO3)C2)c(=O)[nH]c1=O. The molecule has 9 nitrogen and oxygen atoms in total. The molecule has 0 saturated carbocycles. The number of morpholine rings is 1. The minimum atomic E-state index is -0.605. The topological polar surface area (TPSA) is 105 Å². The van der Waals surface area contributed by atoms with E-state index in [2.05, 4.69) is 4.98 Å². The third-order valence-electron chi connectivity index (χ3n) is 4.62. The third-order valence-corrected chi connectivity index (χ3v) is 4.62. The molecule has 0 unspecified atom stereocenters. The van der Waals surface area contributed by atoms with Gasteiger partial charge in [-0.15, -0.1) is 0 Å². The van der Waals surface area contributed by atoms with Gasteiger partial charge in [-0.2, -0.15) is 0 Å². The summed E-state index contributed by atoms with van der Waals surface area (Å²) >= 11 is 0. The molecule has 2 saturated heterocycles. The highest BCUT2D eigenvalue weighted by molar-refractivity contribution is 5.78. The first kappa shape index (κ1) is 16.4. The van der Waals surface area contributed by atoms with Gasteiger partial charge in [0.25, 0.3) is 5.56 Å². The summed E-state index contributed by atoms with van der Waals surface area (Å²) in [6, 6.07) is 0. The van der Waals surface area contributed by atoms with Crippen LogP contribution >= 0.6 is 0 Å². The van der Waals surface area contributed by atoms with E-state index >= 15 is 0 Å². The number of aromatic nitrogens is 2. The fourth-order valence-electron chi connectivity index (χ4n) is 3.18. The molecule has 0 aliphatic carbocycles. The summed E-state index contributed by atoms with van der Waals surface area (Å²) in [6.07, 6.45) is 2.03. The number of nitrogens with one attached hydrogen (secondary N) is 1. The Hall–Kier alpha value is -2.42. The second-order valence-electron chi connectivity index (χ2n) is 6.49. The molecule has 1 N–H and O–H groups in total. The Labute approximate surface area is 137 Å². The Morgan fingerprint density at radius 1 is 1.33 bits per heavy atom. The van der Waals surface area contributed by atoms with Crippen molar-refractivity contribution in [2.24, 2.45) is 0 Å². The molecular weight excluding hydrogens is 316 g/mol. The number of aryl methyl sites for hydroxylation is 1. The zero-order valence-electron chi connectivity index (χ0n) is 13.7. The Kier molecular flexibility index (Phi) is 4.04. The molecule has 1 spiro atoms. The summed E-state index contributed by atoms with van der Waals surface area (Å²) in [6.45, 7) is 2.82. The lowest BCUT2D eigenvalue weighted by atomic mass is 10.0. The molecule has 2 aliphatic heterocycles. The molecule has 3 rings (SSSR count). The summed E-state index contributed by atoms with van der Waals surface area (Å²) in [5.41, 5.74) is -1.21. The van der Waals surface area contributed by atoms with Crippen LogP contribution in [0.25, 0.3) is 0 Å². The van der Waals surface area contributed by atoms with E-state index in [0.717, 1.165) is 0 Å². The molecule has 130 valence electrons. The standard InChI is InChI=1S/C15H20N4O5/c1-10-5-19(14(23)16-13(10)22)6-11(20)18-4-3-15(9-18)8-17(2)12(21)7-24-15/h5H,3-4,6-9H2,1-2H3,(H,16,22,23)/t15-/m1/s1. The van der Waals surface area contributed by atoms with Crippen molar-refractivity contribution >= 4 is 11.8 Å². The number of aromatic amines is 1. The number of ether oxygens (including phenoxy) is 1. The largest absolute Gasteiger partial charge is 0.361 e. The van der Waals surface area contributed by atoms with Gasteiger partial charge in [0.2, 0.25) is 11.8 Å². The number of carbonyl (C=O) groups excluding carboxylic acids is 2. The van der Waals surface area contributed by atoms with Crippen LogP contribution in [0.2, 0.25) is 0 Å². The first-order valence-electron chi connectivity index (χ1n) is 7.76. The second kappa shape index (κ2) is 5.90. The predicted molar refractivity (Wildman–Crippen MR) is 83.6 cm³/mol. The van der Waals surface area contributed by atoms with Gasteiger partial charge in [-0.1, -0.05) is 0 Å². The maximum atomic E-state index is 12.5. The van der Waals surface area contributed by atoms with Crippen LogP contribution in [0.1, 0.15) is 12.0 Å². The number of amides is 2. The molecule has 0 bridgehead atoms. The molecule has 24 heavy (non-hydrogen) atoms. The number of hydrogen-bond donors (Lipinski definition) is 1. The maximum Gasteiger partial charge on any atom is 0.328 e. The van der Waals surface area contributed by atoms with E-state index in [4.69, 9.17) is 4.74 Å². The zero-order valence-corrected chi connectivity index (χ0v) is 13.7. The number of H-pyrrole nitrogens is 1. The number of rotatable bonds is 2. The van der Waals surface area contributed by atoms with Crippen LogP contribution in [0.15, 0.2) is 15.8 Å². The summed E-state index contributed by atoms with van der Waals surface area (Å²) in [4.78, 5) is 52.6. The van der Waals surface area contributed by atoms with Gasteiger partial charge in [0, 0.05) is 25.4 Å². The van der Waals surface area contributed by atoms with Gasteiger partial charge < -0.3 is 14.5 Å². The van der Waals surface area contributed by atoms with Gasteiger partial charge in [0.1, 0.15) is 18.8 Å². The average Bonchev–Trinajstić information content (AvgIpc) is 2.93. The van der Waals surface area contributed by atoms with E-state index in [1.54, 1.807) is 23.8 Å². The van der Waals surface area contributed by atoms with Crippen LogP contribution in [0.4, 0.5) is 0 Å². The van der Waals surface area contributed by atoms with E-state index < -0.39 is 16.9 Å². The molecule has 1 atom stereocenters. The lowest BCUT2D eigenvalue weighted by Crippen LogP contribution is -2.54. The number of nitrogens with zero attached hydrogens (tertiary/aromatic N) is 3. The van der Waals surface area contributed by atoms with Crippen LogP contribution in [0.5, 0.6) is 0 Å². The van der Waals surface area contributed by atoms with Crippen LogP contribution in [-0.4, -0.2) is 70.1 Å². The summed E-state index contributed by atoms with van der Waals surface area (Å²) in [7, 11) is 1.72. The number of hydrogen-bond acceptors (Lipinski definition) is 5. The van der Waals surface area contributed by atoms with Gasteiger partial charge in [-0.3, -0.25) is 23.9 Å². The second-order valence-corrected chi connectivity index (χ2v) is 6.49. The Bertz CT molecular complexity index is 798. The zero-order chi connectivity index (χ0) is 17.5. The van der Waals surface area contributed by atoms with E-state index in [1.807, 2.05) is 0 Å². The van der Waals surface area contributed by atoms with Crippen molar-refractivity contribution in [2.45, 2.75) is 25.5 Å². The van der Waals surface area contributed by atoms with Crippen molar-refractivity contribution < 1.29 is 14.3 Å². The summed E-state index contributed by atoms with van der Waals surface area (Å²) in [5, 5.41) is 0. The van der Waals surface area contributed by atoms with Crippen molar-refractivity contribution in [3.63, 3.8) is 0 Å². The number of likely N-dealkylation sites (tertiary alicyclic amines) is 1. The van der Waals surface area contributed by atoms with Crippen molar-refractivity contribution in [1.82, 2.24) is 19.4 Å². The Morgan fingerprint density at radius 2 is 2.08 bits per heavy atom. The molecule has 3 heterocycles. The highest BCUT2D eigenvalue weighted by Gasteiger charge is 2.45. The lowest BCUT2D eigenvalue weighted by Gasteiger charge is -2.38. The lowest BCUT2D eigenvalue weighted by molar-refractivity contribution is -0.159. The minimum absolute atomic E-state index is 0.0249. The normalized spacial score (nSPS) is 24.0. The predicted octanol–water partition coefficient (Wildman–Crippen LogP) is -1.70. The molecule has 1 aromatic heterocycles. The van der Waals surface area contributed by atoms with Crippen LogP contribution in [0, 0.1) is 6.92 Å². The van der Waals surface area contributed by atoms with Crippen LogP contribution in [-0.2, 0) is 20.9 Å².